The predicted molar refractivity (Wildman–Crippen MR) is 43.2 cm³/mol. The van der Waals surface area contributed by atoms with Crippen LogP contribution < -0.4 is 4.74 Å². The van der Waals surface area contributed by atoms with Gasteiger partial charge in [0.25, 0.3) is 0 Å². The summed E-state index contributed by atoms with van der Waals surface area (Å²) >= 11 is 0. The molecule has 1 rings (SSSR count). The molecule has 0 aromatic heterocycles. The largest absolute Gasteiger partial charge is 0.432 e. The zero-order valence-electron chi connectivity index (χ0n) is 7.26. The molecule has 0 aliphatic carbocycles. The van der Waals surface area contributed by atoms with Crippen LogP contribution in [0.5, 0.6) is 5.75 Å². The molecule has 0 heterocycles. The Kier molecular flexibility index (Phi) is 3.11. The average molecular weight is 204 g/mol. The number of halogens is 3. The Balaban J connectivity index is 3.15. The number of carbonyl (C=O) groups is 1. The van der Waals surface area contributed by atoms with Gasteiger partial charge in [-0.1, -0.05) is 0 Å². The van der Waals surface area contributed by atoms with Gasteiger partial charge in [-0.25, -0.2) is 4.39 Å². The van der Waals surface area contributed by atoms with Crippen molar-refractivity contribution < 1.29 is 22.7 Å². The smallest absolute Gasteiger partial charge is 0.387 e. The van der Waals surface area contributed by atoms with Crippen molar-refractivity contribution in [3.05, 3.63) is 29.1 Å². The third kappa shape index (κ3) is 2.25. The Bertz CT molecular complexity index is 350. The summed E-state index contributed by atoms with van der Waals surface area (Å²) in [5.74, 6) is -1.67. The standard InChI is InChI=1S/C9H7F3O2/c1-5-2-6(4-13)8(10)7(3-5)14-9(11)12/h2-4,9H,1H3. The van der Waals surface area contributed by atoms with E-state index in [1.807, 2.05) is 0 Å². The maximum atomic E-state index is 13.1. The summed E-state index contributed by atoms with van der Waals surface area (Å²) in [5, 5.41) is 0. The van der Waals surface area contributed by atoms with Crippen LogP contribution in [0.25, 0.3) is 0 Å². The molecule has 2 nitrogen and oxygen atoms in total. The second-order valence-electron chi connectivity index (χ2n) is 2.66. The van der Waals surface area contributed by atoms with E-state index in [0.717, 1.165) is 6.07 Å². The predicted octanol–water partition coefficient (Wildman–Crippen LogP) is 2.55. The summed E-state index contributed by atoms with van der Waals surface area (Å²) in [6.07, 6.45) is 0.251. The van der Waals surface area contributed by atoms with Crippen LogP contribution >= 0.6 is 0 Å². The van der Waals surface area contributed by atoms with E-state index < -0.39 is 18.2 Å². The first-order chi connectivity index (χ1) is 6.54. The van der Waals surface area contributed by atoms with Crippen molar-refractivity contribution >= 4 is 6.29 Å². The first-order valence-electron chi connectivity index (χ1n) is 3.74. The van der Waals surface area contributed by atoms with Crippen molar-refractivity contribution in [2.24, 2.45) is 0 Å². The van der Waals surface area contributed by atoms with Crippen molar-refractivity contribution in [2.75, 3.05) is 0 Å². The third-order valence-corrected chi connectivity index (χ3v) is 1.55. The Morgan fingerprint density at radius 3 is 2.57 bits per heavy atom. The van der Waals surface area contributed by atoms with Crippen LogP contribution in [0.1, 0.15) is 15.9 Å². The number of carbonyl (C=O) groups excluding carboxylic acids is 1. The van der Waals surface area contributed by atoms with Gasteiger partial charge >= 0.3 is 6.61 Å². The maximum absolute atomic E-state index is 13.1. The van der Waals surface area contributed by atoms with Gasteiger partial charge in [0.15, 0.2) is 17.9 Å². The molecule has 0 amide bonds. The molecule has 0 bridgehead atoms. The Morgan fingerprint density at radius 2 is 2.07 bits per heavy atom. The zero-order valence-corrected chi connectivity index (χ0v) is 7.26. The summed E-state index contributed by atoms with van der Waals surface area (Å²) in [6, 6.07) is 2.36. The summed E-state index contributed by atoms with van der Waals surface area (Å²) in [7, 11) is 0. The number of aryl methyl sites for hydroxylation is 1. The van der Waals surface area contributed by atoms with Gasteiger partial charge in [-0.15, -0.1) is 0 Å². The van der Waals surface area contributed by atoms with Crippen molar-refractivity contribution in [3.63, 3.8) is 0 Å². The summed E-state index contributed by atoms with van der Waals surface area (Å²) in [6.45, 7) is -1.56. The van der Waals surface area contributed by atoms with Crippen LogP contribution in [0.4, 0.5) is 13.2 Å². The minimum Gasteiger partial charge on any atom is -0.432 e. The lowest BCUT2D eigenvalue weighted by Gasteiger charge is -2.07. The molecule has 0 saturated heterocycles. The number of rotatable bonds is 3. The fraction of sp³-hybridized carbons (Fsp3) is 0.222. The van der Waals surface area contributed by atoms with Crippen LogP contribution in [0.2, 0.25) is 0 Å². The van der Waals surface area contributed by atoms with Gasteiger partial charge in [0, 0.05) is 0 Å². The highest BCUT2D eigenvalue weighted by atomic mass is 19.3. The number of ether oxygens (including phenoxy) is 1. The molecule has 0 radical (unpaired) electrons. The molecule has 0 N–H and O–H groups in total. The van der Waals surface area contributed by atoms with Gasteiger partial charge in [-0.2, -0.15) is 8.78 Å². The summed E-state index contributed by atoms with van der Waals surface area (Å²) in [5.41, 5.74) is 0.185. The number of aldehydes is 1. The third-order valence-electron chi connectivity index (χ3n) is 1.55. The van der Waals surface area contributed by atoms with E-state index in [-0.39, 0.29) is 11.8 Å². The van der Waals surface area contributed by atoms with Crippen molar-refractivity contribution in [2.45, 2.75) is 13.5 Å². The maximum Gasteiger partial charge on any atom is 0.387 e. The molecule has 0 saturated carbocycles. The topological polar surface area (TPSA) is 26.3 Å². The van der Waals surface area contributed by atoms with E-state index in [4.69, 9.17) is 0 Å². The SMILES string of the molecule is Cc1cc(C=O)c(F)c(OC(F)F)c1. The molecule has 0 spiro atoms. The monoisotopic (exact) mass is 204 g/mol. The fourth-order valence-corrected chi connectivity index (χ4v) is 1.03. The van der Waals surface area contributed by atoms with Gasteiger partial charge < -0.3 is 4.74 Å². The van der Waals surface area contributed by atoms with Crippen molar-refractivity contribution in [1.29, 1.82) is 0 Å². The van der Waals surface area contributed by atoms with Crippen LogP contribution in [-0.2, 0) is 0 Å². The lowest BCUT2D eigenvalue weighted by molar-refractivity contribution is -0.0522. The number of hydrogen-bond donors (Lipinski definition) is 0. The first-order valence-corrected chi connectivity index (χ1v) is 3.74. The molecule has 1 aromatic rings. The summed E-state index contributed by atoms with van der Waals surface area (Å²) in [4.78, 5) is 10.3. The van der Waals surface area contributed by atoms with Crippen LogP contribution in [-0.4, -0.2) is 12.9 Å². The fourth-order valence-electron chi connectivity index (χ4n) is 1.03. The van der Waals surface area contributed by atoms with Crippen LogP contribution in [0.3, 0.4) is 0 Å². The second kappa shape index (κ2) is 4.13. The Labute approximate surface area is 78.3 Å². The summed E-state index contributed by atoms with van der Waals surface area (Å²) < 4.78 is 40.6. The normalized spacial score (nSPS) is 10.4. The van der Waals surface area contributed by atoms with E-state index >= 15 is 0 Å². The highest BCUT2D eigenvalue weighted by molar-refractivity contribution is 5.76. The molecule has 0 aliphatic rings. The molecule has 0 fully saturated rings. The molecule has 0 atom stereocenters. The van der Waals surface area contributed by atoms with Crippen LogP contribution in [0, 0.1) is 12.7 Å². The quantitative estimate of drug-likeness (QED) is 0.707. The lowest BCUT2D eigenvalue weighted by atomic mass is 10.1. The molecule has 0 aliphatic heterocycles. The van der Waals surface area contributed by atoms with E-state index in [0.29, 0.717) is 5.56 Å². The van der Waals surface area contributed by atoms with E-state index in [1.165, 1.54) is 6.07 Å². The van der Waals surface area contributed by atoms with Gasteiger partial charge in [0.2, 0.25) is 0 Å². The van der Waals surface area contributed by atoms with Crippen LogP contribution in [0.15, 0.2) is 12.1 Å². The molecule has 14 heavy (non-hydrogen) atoms. The average Bonchev–Trinajstić information content (AvgIpc) is 2.09. The minimum atomic E-state index is -3.11. The number of alkyl halides is 2. The Morgan fingerprint density at radius 1 is 1.43 bits per heavy atom. The molecule has 0 unspecified atom stereocenters. The molecular weight excluding hydrogens is 197 g/mol. The van der Waals surface area contributed by atoms with Gasteiger partial charge in [0.05, 0.1) is 5.56 Å². The highest BCUT2D eigenvalue weighted by Crippen LogP contribution is 2.23. The van der Waals surface area contributed by atoms with E-state index in [9.17, 15) is 18.0 Å². The van der Waals surface area contributed by atoms with E-state index in [2.05, 4.69) is 4.74 Å². The van der Waals surface area contributed by atoms with Gasteiger partial charge in [-0.05, 0) is 24.6 Å². The van der Waals surface area contributed by atoms with Gasteiger partial charge in [0.1, 0.15) is 0 Å². The molecule has 76 valence electrons. The number of benzene rings is 1. The lowest BCUT2D eigenvalue weighted by Crippen LogP contribution is -2.05. The second-order valence-corrected chi connectivity index (χ2v) is 2.66. The zero-order chi connectivity index (χ0) is 10.7. The first kappa shape index (κ1) is 10.6. The highest BCUT2D eigenvalue weighted by Gasteiger charge is 2.13. The number of hydrogen-bond acceptors (Lipinski definition) is 2. The van der Waals surface area contributed by atoms with E-state index in [1.54, 1.807) is 6.92 Å². The molecular formula is C9H7F3O2. The van der Waals surface area contributed by atoms with Crippen molar-refractivity contribution in [1.82, 2.24) is 0 Å². The molecule has 1 aromatic carbocycles. The minimum absolute atomic E-state index is 0.251. The molecule has 5 heteroatoms. The van der Waals surface area contributed by atoms with Crippen molar-refractivity contribution in [3.8, 4) is 5.75 Å². The Hall–Kier alpha value is -1.52. The van der Waals surface area contributed by atoms with Gasteiger partial charge in [-0.3, -0.25) is 4.79 Å².